The number of amidine groups is 1. The molecule has 0 radical (unpaired) electrons. The molecule has 4 nitrogen and oxygen atoms in total. The first-order chi connectivity index (χ1) is 7.06. The van der Waals surface area contributed by atoms with Crippen LogP contribution < -0.4 is 0 Å². The maximum atomic E-state index is 11.6. The first-order valence-corrected chi connectivity index (χ1v) is 5.48. The van der Waals surface area contributed by atoms with E-state index < -0.39 is 0 Å². The van der Waals surface area contributed by atoms with Crippen molar-refractivity contribution in [3.05, 3.63) is 0 Å². The van der Waals surface area contributed by atoms with Gasteiger partial charge in [-0.25, -0.2) is 4.79 Å². The van der Waals surface area contributed by atoms with Crippen LogP contribution in [0.15, 0.2) is 0 Å². The van der Waals surface area contributed by atoms with Crippen molar-refractivity contribution in [3.8, 4) is 0 Å². The van der Waals surface area contributed by atoms with Crippen LogP contribution in [-0.4, -0.2) is 36.4 Å². The van der Waals surface area contributed by atoms with Gasteiger partial charge in [0.25, 0.3) is 0 Å². The Labute approximate surface area is 91.1 Å². The second-order valence-electron chi connectivity index (χ2n) is 4.41. The number of likely N-dealkylation sites (tertiary alicyclic amines) is 1. The topological polar surface area (TPSA) is 53.4 Å². The van der Waals surface area contributed by atoms with Crippen LogP contribution >= 0.6 is 0 Å². The summed E-state index contributed by atoms with van der Waals surface area (Å²) in [4.78, 5) is 13.5. The summed E-state index contributed by atoms with van der Waals surface area (Å²) in [5, 5.41) is 7.77. The van der Waals surface area contributed by atoms with Crippen LogP contribution in [0.25, 0.3) is 0 Å². The molecule has 1 heterocycles. The molecular weight excluding hydrogens is 192 g/mol. The number of hydrogen-bond donors (Lipinski definition) is 1. The van der Waals surface area contributed by atoms with Crippen molar-refractivity contribution in [2.75, 3.05) is 13.7 Å². The first-order valence-electron chi connectivity index (χ1n) is 5.48. The largest absolute Gasteiger partial charge is 0.467 e. The molecular formula is C11H20N2O2. The lowest BCUT2D eigenvalue weighted by Crippen LogP contribution is -2.43. The fourth-order valence-electron chi connectivity index (χ4n) is 1.97. The summed E-state index contributed by atoms with van der Waals surface area (Å²) in [6, 6.07) is -0.259. The molecule has 0 aromatic rings. The molecule has 1 atom stereocenters. The lowest BCUT2D eigenvalue weighted by atomic mass is 10.0. The lowest BCUT2D eigenvalue weighted by molar-refractivity contribution is -0.145. The van der Waals surface area contributed by atoms with Crippen molar-refractivity contribution in [3.63, 3.8) is 0 Å². The number of carbonyl (C=O) groups excluding carboxylic acids is 1. The molecule has 4 heteroatoms. The van der Waals surface area contributed by atoms with Gasteiger partial charge in [0.05, 0.1) is 12.9 Å². The predicted molar refractivity (Wildman–Crippen MR) is 58.9 cm³/mol. The zero-order valence-corrected chi connectivity index (χ0v) is 9.75. The van der Waals surface area contributed by atoms with E-state index in [0.29, 0.717) is 11.8 Å². The van der Waals surface area contributed by atoms with Gasteiger partial charge in [0.1, 0.15) is 6.04 Å². The summed E-state index contributed by atoms with van der Waals surface area (Å²) in [5.74, 6) is 0.795. The van der Waals surface area contributed by atoms with Gasteiger partial charge < -0.3 is 9.64 Å². The second-order valence-corrected chi connectivity index (χ2v) is 4.41. The van der Waals surface area contributed by atoms with Crippen LogP contribution in [-0.2, 0) is 9.53 Å². The van der Waals surface area contributed by atoms with Crippen molar-refractivity contribution in [2.24, 2.45) is 5.92 Å². The number of rotatable bonds is 4. The molecule has 1 saturated heterocycles. The Morgan fingerprint density at radius 2 is 2.27 bits per heavy atom. The second kappa shape index (κ2) is 5.14. The minimum Gasteiger partial charge on any atom is -0.467 e. The Bertz CT molecular complexity index is 251. The highest BCUT2D eigenvalue weighted by Gasteiger charge is 2.31. The maximum absolute atomic E-state index is 11.6. The Balaban J connectivity index is 2.70. The zero-order chi connectivity index (χ0) is 11.4. The number of nitrogens with zero attached hydrogens (tertiary/aromatic N) is 1. The lowest BCUT2D eigenvalue weighted by Gasteiger charge is -2.28. The SMILES string of the molecule is COC(=O)C(CC(C)C)N1CCCC1=N. The molecule has 86 valence electrons. The monoisotopic (exact) mass is 212 g/mol. The number of methoxy groups -OCH3 is 1. The summed E-state index contributed by atoms with van der Waals surface area (Å²) < 4.78 is 4.80. The number of ether oxygens (including phenoxy) is 1. The molecule has 1 rings (SSSR count). The van der Waals surface area contributed by atoms with Gasteiger partial charge in [-0.05, 0) is 18.8 Å². The molecule has 1 aliphatic rings. The van der Waals surface area contributed by atoms with Crippen LogP contribution in [0.4, 0.5) is 0 Å². The molecule has 0 spiro atoms. The van der Waals surface area contributed by atoms with Crippen molar-refractivity contribution in [1.29, 1.82) is 5.41 Å². The first kappa shape index (κ1) is 12.0. The van der Waals surface area contributed by atoms with Crippen LogP contribution in [0.2, 0.25) is 0 Å². The van der Waals surface area contributed by atoms with Gasteiger partial charge in [0.2, 0.25) is 0 Å². The predicted octanol–water partition coefficient (Wildman–Crippen LogP) is 1.65. The fraction of sp³-hybridized carbons (Fsp3) is 0.818. The van der Waals surface area contributed by atoms with E-state index in [0.717, 1.165) is 25.8 Å². The van der Waals surface area contributed by atoms with Crippen LogP contribution in [0, 0.1) is 11.3 Å². The van der Waals surface area contributed by atoms with E-state index >= 15 is 0 Å². The third kappa shape index (κ3) is 2.94. The molecule has 0 aliphatic carbocycles. The van der Waals surface area contributed by atoms with Crippen molar-refractivity contribution < 1.29 is 9.53 Å². The van der Waals surface area contributed by atoms with Gasteiger partial charge in [0, 0.05) is 13.0 Å². The summed E-state index contributed by atoms with van der Waals surface area (Å²) in [7, 11) is 1.41. The highest BCUT2D eigenvalue weighted by molar-refractivity contribution is 5.87. The van der Waals surface area contributed by atoms with E-state index in [9.17, 15) is 4.79 Å². The maximum Gasteiger partial charge on any atom is 0.328 e. The van der Waals surface area contributed by atoms with E-state index in [1.807, 2.05) is 4.90 Å². The molecule has 1 fully saturated rings. The van der Waals surface area contributed by atoms with Crippen molar-refractivity contribution >= 4 is 11.8 Å². The minimum absolute atomic E-state index is 0.213. The zero-order valence-electron chi connectivity index (χ0n) is 9.75. The minimum atomic E-state index is -0.259. The van der Waals surface area contributed by atoms with E-state index in [-0.39, 0.29) is 12.0 Å². The quantitative estimate of drug-likeness (QED) is 0.721. The normalized spacial score (nSPS) is 18.4. The fourth-order valence-corrected chi connectivity index (χ4v) is 1.97. The smallest absolute Gasteiger partial charge is 0.328 e. The van der Waals surface area contributed by atoms with Crippen LogP contribution in [0.5, 0.6) is 0 Å². The molecule has 1 N–H and O–H groups in total. The molecule has 0 aromatic heterocycles. The Kier molecular flexibility index (Phi) is 4.12. The van der Waals surface area contributed by atoms with Crippen LogP contribution in [0.1, 0.15) is 33.1 Å². The molecule has 0 saturated carbocycles. The van der Waals surface area contributed by atoms with Gasteiger partial charge in [-0.2, -0.15) is 0 Å². The number of hydrogen-bond acceptors (Lipinski definition) is 3. The highest BCUT2D eigenvalue weighted by atomic mass is 16.5. The Hall–Kier alpha value is -1.06. The van der Waals surface area contributed by atoms with E-state index in [1.54, 1.807) is 0 Å². The van der Waals surface area contributed by atoms with E-state index in [4.69, 9.17) is 10.1 Å². The average Bonchev–Trinajstić information content (AvgIpc) is 2.59. The Morgan fingerprint density at radius 3 is 2.67 bits per heavy atom. The van der Waals surface area contributed by atoms with Gasteiger partial charge in [-0.1, -0.05) is 13.8 Å². The molecule has 0 aromatic carbocycles. The molecule has 15 heavy (non-hydrogen) atoms. The molecule has 0 amide bonds. The average molecular weight is 212 g/mol. The number of carbonyl (C=O) groups is 1. The summed E-state index contributed by atoms with van der Waals surface area (Å²) in [5.41, 5.74) is 0. The number of nitrogens with one attached hydrogen (secondary N) is 1. The van der Waals surface area contributed by atoms with E-state index in [1.165, 1.54) is 7.11 Å². The Morgan fingerprint density at radius 1 is 1.60 bits per heavy atom. The third-order valence-electron chi connectivity index (χ3n) is 2.70. The van der Waals surface area contributed by atoms with Gasteiger partial charge >= 0.3 is 5.97 Å². The summed E-state index contributed by atoms with van der Waals surface area (Å²) in [6.07, 6.45) is 2.52. The van der Waals surface area contributed by atoms with Crippen LogP contribution in [0.3, 0.4) is 0 Å². The van der Waals surface area contributed by atoms with Gasteiger partial charge in [0.15, 0.2) is 0 Å². The third-order valence-corrected chi connectivity index (χ3v) is 2.70. The molecule has 1 aliphatic heterocycles. The number of esters is 1. The van der Waals surface area contributed by atoms with Crippen molar-refractivity contribution in [2.45, 2.75) is 39.2 Å². The highest BCUT2D eigenvalue weighted by Crippen LogP contribution is 2.20. The van der Waals surface area contributed by atoms with Crippen molar-refractivity contribution in [1.82, 2.24) is 4.90 Å². The molecule has 1 unspecified atom stereocenters. The molecule has 0 bridgehead atoms. The summed E-state index contributed by atoms with van der Waals surface area (Å²) >= 11 is 0. The van der Waals surface area contributed by atoms with E-state index in [2.05, 4.69) is 13.8 Å². The van der Waals surface area contributed by atoms with Gasteiger partial charge in [-0.15, -0.1) is 0 Å². The van der Waals surface area contributed by atoms with Gasteiger partial charge in [-0.3, -0.25) is 5.41 Å². The summed E-state index contributed by atoms with van der Waals surface area (Å²) in [6.45, 7) is 4.97. The standard InChI is InChI=1S/C11H20N2O2/c1-8(2)7-9(11(14)15-3)13-6-4-5-10(13)12/h8-9,12H,4-7H2,1-3H3.